The van der Waals surface area contributed by atoms with E-state index in [1.54, 1.807) is 0 Å². The van der Waals surface area contributed by atoms with Gasteiger partial charge in [-0.2, -0.15) is 0 Å². The maximum absolute atomic E-state index is 10.5. The Balaban J connectivity index is 2.12. The van der Waals surface area contributed by atoms with Gasteiger partial charge in [-0.3, -0.25) is 0 Å². The average Bonchev–Trinajstić information content (AvgIpc) is 2.27. The Morgan fingerprint density at radius 2 is 1.33 bits per heavy atom. The lowest BCUT2D eigenvalue weighted by atomic mass is 9.58. The summed E-state index contributed by atoms with van der Waals surface area (Å²) in [6, 6.07) is 0. The molecule has 2 rings (SSSR count). The maximum Gasteiger partial charge on any atom is 0.0673 e. The molecule has 0 aromatic rings. The zero-order chi connectivity index (χ0) is 11.1. The summed E-state index contributed by atoms with van der Waals surface area (Å²) in [4.78, 5) is 0. The van der Waals surface area contributed by atoms with E-state index in [1.165, 1.54) is 0 Å². The third-order valence-corrected chi connectivity index (χ3v) is 5.16. The smallest absolute Gasteiger partial charge is 0.0673 e. The summed E-state index contributed by atoms with van der Waals surface area (Å²) in [7, 11) is 0. The summed E-state index contributed by atoms with van der Waals surface area (Å²) < 4.78 is 0. The second-order valence-electron chi connectivity index (χ2n) is 5.62. The van der Waals surface area contributed by atoms with E-state index in [-0.39, 0.29) is 0 Å². The zero-order valence-electron chi connectivity index (χ0n) is 10.00. The molecule has 15 heavy (non-hydrogen) atoms. The molecular formula is C13H24O2. The van der Waals surface area contributed by atoms with Crippen LogP contribution in [-0.4, -0.2) is 21.4 Å². The van der Waals surface area contributed by atoms with E-state index in [1.807, 2.05) is 0 Å². The van der Waals surface area contributed by atoms with Crippen molar-refractivity contribution in [3.05, 3.63) is 0 Å². The monoisotopic (exact) mass is 212 g/mol. The van der Waals surface area contributed by atoms with Gasteiger partial charge in [0.2, 0.25) is 0 Å². The van der Waals surface area contributed by atoms with E-state index in [0.29, 0.717) is 11.8 Å². The van der Waals surface area contributed by atoms with E-state index in [9.17, 15) is 10.2 Å². The van der Waals surface area contributed by atoms with Crippen molar-refractivity contribution >= 4 is 0 Å². The second-order valence-corrected chi connectivity index (χ2v) is 5.62. The van der Waals surface area contributed by atoms with Gasteiger partial charge in [0.15, 0.2) is 0 Å². The normalized spacial score (nSPS) is 50.4. The largest absolute Gasteiger partial charge is 0.390 e. The molecule has 0 saturated heterocycles. The van der Waals surface area contributed by atoms with Crippen LogP contribution in [0.5, 0.6) is 0 Å². The summed E-state index contributed by atoms with van der Waals surface area (Å²) in [6.45, 7) is 4.17. The Morgan fingerprint density at radius 3 is 1.67 bits per heavy atom. The van der Waals surface area contributed by atoms with E-state index >= 15 is 0 Å². The van der Waals surface area contributed by atoms with Gasteiger partial charge in [-0.05, 0) is 56.8 Å². The summed E-state index contributed by atoms with van der Waals surface area (Å²) in [5, 5.41) is 20.9. The minimum Gasteiger partial charge on any atom is -0.390 e. The first-order valence-corrected chi connectivity index (χ1v) is 6.49. The molecule has 2 saturated carbocycles. The maximum atomic E-state index is 10.5. The van der Waals surface area contributed by atoms with Crippen molar-refractivity contribution in [2.45, 2.75) is 70.0 Å². The SMILES string of the molecule is CCC1(O)CCC2CC1CCC2(O)CC. The predicted octanol–water partition coefficient (Wildman–Crippen LogP) is 2.48. The van der Waals surface area contributed by atoms with Crippen LogP contribution in [0.15, 0.2) is 0 Å². The van der Waals surface area contributed by atoms with Crippen LogP contribution in [0.2, 0.25) is 0 Å². The molecule has 2 bridgehead atoms. The number of rotatable bonds is 2. The average molecular weight is 212 g/mol. The molecule has 0 radical (unpaired) electrons. The highest BCUT2D eigenvalue weighted by atomic mass is 16.3. The highest BCUT2D eigenvalue weighted by Crippen LogP contribution is 2.51. The lowest BCUT2D eigenvalue weighted by molar-refractivity contribution is -0.149. The van der Waals surface area contributed by atoms with E-state index < -0.39 is 11.2 Å². The van der Waals surface area contributed by atoms with Crippen LogP contribution in [0, 0.1) is 11.8 Å². The van der Waals surface area contributed by atoms with Gasteiger partial charge in [0.25, 0.3) is 0 Å². The van der Waals surface area contributed by atoms with Crippen LogP contribution < -0.4 is 0 Å². The summed E-state index contributed by atoms with van der Waals surface area (Å²) >= 11 is 0. The summed E-state index contributed by atoms with van der Waals surface area (Å²) in [5.41, 5.74) is -0.850. The fourth-order valence-electron chi connectivity index (χ4n) is 3.74. The molecule has 88 valence electrons. The molecule has 0 amide bonds. The predicted molar refractivity (Wildman–Crippen MR) is 60.5 cm³/mol. The lowest BCUT2D eigenvalue weighted by Crippen LogP contribution is -2.53. The Hall–Kier alpha value is -0.0800. The molecule has 0 spiro atoms. The molecule has 0 aromatic heterocycles. The molecule has 2 nitrogen and oxygen atoms in total. The Kier molecular flexibility index (Phi) is 2.85. The summed E-state index contributed by atoms with van der Waals surface area (Å²) in [6.07, 6.45) is 6.57. The van der Waals surface area contributed by atoms with Crippen molar-refractivity contribution in [1.29, 1.82) is 0 Å². The Labute approximate surface area is 92.7 Å². The fraction of sp³-hybridized carbons (Fsp3) is 1.00. The van der Waals surface area contributed by atoms with Crippen molar-refractivity contribution in [3.63, 3.8) is 0 Å². The third-order valence-electron chi connectivity index (χ3n) is 5.16. The van der Waals surface area contributed by atoms with Crippen LogP contribution >= 0.6 is 0 Å². The lowest BCUT2D eigenvalue weighted by Gasteiger charge is -2.52. The highest BCUT2D eigenvalue weighted by Gasteiger charge is 2.50. The molecule has 2 aliphatic carbocycles. The molecular weight excluding hydrogens is 188 g/mol. The van der Waals surface area contributed by atoms with Crippen LogP contribution in [0.3, 0.4) is 0 Å². The molecule has 2 fully saturated rings. The minimum atomic E-state index is -0.425. The number of hydrogen-bond donors (Lipinski definition) is 2. The molecule has 0 aromatic carbocycles. The van der Waals surface area contributed by atoms with E-state index in [2.05, 4.69) is 13.8 Å². The van der Waals surface area contributed by atoms with Gasteiger partial charge in [-0.15, -0.1) is 0 Å². The van der Waals surface area contributed by atoms with Crippen molar-refractivity contribution in [3.8, 4) is 0 Å². The highest BCUT2D eigenvalue weighted by molar-refractivity contribution is 5.02. The first kappa shape index (κ1) is 11.4. The molecule has 4 atom stereocenters. The molecule has 2 aliphatic rings. The van der Waals surface area contributed by atoms with E-state index in [0.717, 1.165) is 44.9 Å². The van der Waals surface area contributed by atoms with Crippen molar-refractivity contribution < 1.29 is 10.2 Å². The van der Waals surface area contributed by atoms with Crippen molar-refractivity contribution in [1.82, 2.24) is 0 Å². The van der Waals surface area contributed by atoms with Gasteiger partial charge >= 0.3 is 0 Å². The fourth-order valence-corrected chi connectivity index (χ4v) is 3.74. The number of fused-ring (bicyclic) bond motifs is 2. The van der Waals surface area contributed by atoms with Crippen LogP contribution in [0.1, 0.15) is 58.8 Å². The molecule has 4 unspecified atom stereocenters. The Morgan fingerprint density at radius 1 is 0.933 bits per heavy atom. The van der Waals surface area contributed by atoms with Crippen LogP contribution in [0.4, 0.5) is 0 Å². The first-order chi connectivity index (χ1) is 7.04. The molecule has 2 N–H and O–H groups in total. The van der Waals surface area contributed by atoms with Gasteiger partial charge in [-0.25, -0.2) is 0 Å². The topological polar surface area (TPSA) is 40.5 Å². The molecule has 0 aliphatic heterocycles. The third kappa shape index (κ3) is 1.72. The van der Waals surface area contributed by atoms with Gasteiger partial charge < -0.3 is 10.2 Å². The number of hydrogen-bond acceptors (Lipinski definition) is 2. The zero-order valence-corrected chi connectivity index (χ0v) is 10.00. The Bertz CT molecular complexity index is 217. The molecule has 0 heterocycles. The number of aliphatic hydroxyl groups is 2. The second kappa shape index (κ2) is 3.74. The van der Waals surface area contributed by atoms with Crippen molar-refractivity contribution in [2.24, 2.45) is 11.8 Å². The van der Waals surface area contributed by atoms with Crippen LogP contribution in [-0.2, 0) is 0 Å². The van der Waals surface area contributed by atoms with Gasteiger partial charge in [0.1, 0.15) is 0 Å². The molecule has 2 heteroatoms. The quantitative estimate of drug-likeness (QED) is 0.738. The van der Waals surface area contributed by atoms with Crippen molar-refractivity contribution in [2.75, 3.05) is 0 Å². The van der Waals surface area contributed by atoms with E-state index in [4.69, 9.17) is 0 Å². The van der Waals surface area contributed by atoms with Gasteiger partial charge in [-0.1, -0.05) is 13.8 Å². The first-order valence-electron chi connectivity index (χ1n) is 6.49. The van der Waals surface area contributed by atoms with Gasteiger partial charge in [0.05, 0.1) is 11.2 Å². The minimum absolute atomic E-state index is 0.425. The standard InChI is InChI=1S/C13H24O2/c1-3-12(14)7-5-11-9-10(12)6-8-13(11,15)4-2/h10-11,14-15H,3-9H2,1-2H3. The summed E-state index contributed by atoms with van der Waals surface area (Å²) in [5.74, 6) is 0.876. The van der Waals surface area contributed by atoms with Gasteiger partial charge in [0, 0.05) is 0 Å². The van der Waals surface area contributed by atoms with Crippen LogP contribution in [0.25, 0.3) is 0 Å².